The smallest absolute Gasteiger partial charge is 0.0464 e. The molecule has 1 heterocycles. The number of aromatic amines is 1. The van der Waals surface area contributed by atoms with Gasteiger partial charge in [0, 0.05) is 21.8 Å². The van der Waals surface area contributed by atoms with Crippen molar-refractivity contribution in [3.8, 4) is 0 Å². The lowest BCUT2D eigenvalue weighted by atomic mass is 10.2. The standard InChI is InChI=1S/C12H9N.C8H8/c1-3-7-11-9(5-1)10-6-2-4-8-12(10)13-11;1-2-8-6-4-3-5-7-8/h1-8,13H;2-7H,1H2. The molecule has 0 spiro atoms. The summed E-state index contributed by atoms with van der Waals surface area (Å²) in [5.41, 5.74) is 3.60. The van der Waals surface area contributed by atoms with Gasteiger partial charge in [0.1, 0.15) is 0 Å². The first-order valence-corrected chi connectivity index (χ1v) is 7.01. The van der Waals surface area contributed by atoms with Crippen molar-refractivity contribution in [2.75, 3.05) is 0 Å². The molecule has 0 saturated carbocycles. The molecular weight excluding hydrogens is 254 g/mol. The van der Waals surface area contributed by atoms with Crippen LogP contribution in [0.1, 0.15) is 5.56 Å². The van der Waals surface area contributed by atoms with Crippen molar-refractivity contribution in [2.24, 2.45) is 0 Å². The number of para-hydroxylation sites is 2. The molecule has 3 aromatic carbocycles. The Morgan fingerprint density at radius 2 is 1.10 bits per heavy atom. The van der Waals surface area contributed by atoms with Crippen LogP contribution in [-0.4, -0.2) is 4.98 Å². The molecule has 0 aliphatic carbocycles. The van der Waals surface area contributed by atoms with E-state index in [-0.39, 0.29) is 0 Å². The summed E-state index contributed by atoms with van der Waals surface area (Å²) in [6.45, 7) is 3.63. The van der Waals surface area contributed by atoms with E-state index in [1.54, 1.807) is 0 Å². The zero-order valence-electron chi connectivity index (χ0n) is 11.8. The molecule has 102 valence electrons. The largest absolute Gasteiger partial charge is 0.355 e. The second-order valence-electron chi connectivity index (χ2n) is 4.83. The van der Waals surface area contributed by atoms with Crippen LogP contribution in [0.25, 0.3) is 27.9 Å². The van der Waals surface area contributed by atoms with Crippen LogP contribution in [0.2, 0.25) is 0 Å². The van der Waals surface area contributed by atoms with Crippen molar-refractivity contribution in [1.82, 2.24) is 4.98 Å². The van der Waals surface area contributed by atoms with Crippen LogP contribution in [0.5, 0.6) is 0 Å². The van der Waals surface area contributed by atoms with Gasteiger partial charge in [-0.25, -0.2) is 0 Å². The molecule has 1 aromatic heterocycles. The Morgan fingerprint density at radius 1 is 0.619 bits per heavy atom. The van der Waals surface area contributed by atoms with E-state index < -0.39 is 0 Å². The Labute approximate surface area is 124 Å². The molecule has 1 nitrogen and oxygen atoms in total. The van der Waals surface area contributed by atoms with E-state index in [0.717, 1.165) is 0 Å². The van der Waals surface area contributed by atoms with Gasteiger partial charge in [-0.2, -0.15) is 0 Å². The lowest BCUT2D eigenvalue weighted by molar-refractivity contribution is 1.55. The summed E-state index contributed by atoms with van der Waals surface area (Å²) in [4.78, 5) is 3.38. The second-order valence-corrected chi connectivity index (χ2v) is 4.83. The molecule has 0 radical (unpaired) electrons. The van der Waals surface area contributed by atoms with Crippen molar-refractivity contribution in [2.45, 2.75) is 0 Å². The first-order chi connectivity index (χ1) is 10.4. The number of aromatic nitrogens is 1. The molecule has 21 heavy (non-hydrogen) atoms. The van der Waals surface area contributed by atoms with E-state index in [9.17, 15) is 0 Å². The van der Waals surface area contributed by atoms with Crippen molar-refractivity contribution in [1.29, 1.82) is 0 Å². The van der Waals surface area contributed by atoms with Crippen molar-refractivity contribution in [3.05, 3.63) is 91.0 Å². The monoisotopic (exact) mass is 271 g/mol. The van der Waals surface area contributed by atoms with Crippen LogP contribution in [0, 0.1) is 0 Å². The highest BCUT2D eigenvalue weighted by Crippen LogP contribution is 2.24. The Morgan fingerprint density at radius 3 is 1.57 bits per heavy atom. The van der Waals surface area contributed by atoms with E-state index in [0.29, 0.717) is 0 Å². The maximum atomic E-state index is 3.63. The molecule has 1 N–H and O–H groups in total. The van der Waals surface area contributed by atoms with Gasteiger partial charge in [-0.05, 0) is 17.7 Å². The Hall–Kier alpha value is -2.80. The molecule has 0 bridgehead atoms. The number of H-pyrrole nitrogens is 1. The van der Waals surface area contributed by atoms with Crippen molar-refractivity contribution < 1.29 is 0 Å². The zero-order chi connectivity index (χ0) is 14.5. The molecule has 0 saturated heterocycles. The van der Waals surface area contributed by atoms with Crippen LogP contribution < -0.4 is 0 Å². The minimum absolute atomic E-state index is 1.17. The molecular formula is C20H17N. The number of hydrogen-bond acceptors (Lipinski definition) is 0. The number of fused-ring (bicyclic) bond motifs is 3. The summed E-state index contributed by atoms with van der Waals surface area (Å²) in [5.74, 6) is 0. The number of hydrogen-bond donors (Lipinski definition) is 1. The van der Waals surface area contributed by atoms with E-state index in [1.165, 1.54) is 27.4 Å². The van der Waals surface area contributed by atoms with Crippen LogP contribution in [0.15, 0.2) is 85.4 Å². The predicted octanol–water partition coefficient (Wildman–Crippen LogP) is 5.65. The molecule has 0 fully saturated rings. The Balaban J connectivity index is 0.000000143. The lowest BCUT2D eigenvalue weighted by Crippen LogP contribution is -1.63. The van der Waals surface area contributed by atoms with Gasteiger partial charge in [0.2, 0.25) is 0 Å². The summed E-state index contributed by atoms with van der Waals surface area (Å²) >= 11 is 0. The average molecular weight is 271 g/mol. The molecule has 4 rings (SSSR count). The third kappa shape index (κ3) is 2.87. The fourth-order valence-corrected chi connectivity index (χ4v) is 2.39. The number of rotatable bonds is 1. The van der Waals surface area contributed by atoms with Gasteiger partial charge < -0.3 is 4.98 Å². The normalized spacial score (nSPS) is 10.1. The fourth-order valence-electron chi connectivity index (χ4n) is 2.39. The van der Waals surface area contributed by atoms with Gasteiger partial charge in [-0.3, -0.25) is 0 Å². The molecule has 1 heteroatoms. The molecule has 0 atom stereocenters. The highest BCUT2D eigenvalue weighted by atomic mass is 14.7. The molecule has 4 aromatic rings. The maximum Gasteiger partial charge on any atom is 0.0464 e. The van der Waals surface area contributed by atoms with E-state index in [4.69, 9.17) is 0 Å². The summed E-state index contributed by atoms with van der Waals surface area (Å²) < 4.78 is 0. The number of benzene rings is 3. The highest BCUT2D eigenvalue weighted by Gasteiger charge is 2.00. The SMILES string of the molecule is C=Cc1ccccc1.c1ccc2c(c1)[nH]c1ccccc12. The predicted molar refractivity (Wildman–Crippen MR) is 92.3 cm³/mol. The Kier molecular flexibility index (Phi) is 3.83. The van der Waals surface area contributed by atoms with Crippen molar-refractivity contribution >= 4 is 27.9 Å². The van der Waals surface area contributed by atoms with Gasteiger partial charge in [-0.1, -0.05) is 79.4 Å². The average Bonchev–Trinajstić information content (AvgIpc) is 2.95. The number of nitrogens with one attached hydrogen (secondary N) is 1. The van der Waals surface area contributed by atoms with Crippen LogP contribution in [0.4, 0.5) is 0 Å². The van der Waals surface area contributed by atoms with Gasteiger partial charge in [0.25, 0.3) is 0 Å². The van der Waals surface area contributed by atoms with Gasteiger partial charge in [0.05, 0.1) is 0 Å². The van der Waals surface area contributed by atoms with E-state index >= 15 is 0 Å². The Bertz CT molecular complexity index is 806. The summed E-state index contributed by atoms with van der Waals surface area (Å²) in [6, 6.07) is 26.8. The van der Waals surface area contributed by atoms with Gasteiger partial charge >= 0.3 is 0 Å². The minimum Gasteiger partial charge on any atom is -0.355 e. The maximum absolute atomic E-state index is 3.63. The van der Waals surface area contributed by atoms with Crippen LogP contribution in [-0.2, 0) is 0 Å². The third-order valence-electron chi connectivity index (χ3n) is 3.45. The first kappa shape index (κ1) is 13.2. The highest BCUT2D eigenvalue weighted by molar-refractivity contribution is 6.06. The topological polar surface area (TPSA) is 15.8 Å². The van der Waals surface area contributed by atoms with Gasteiger partial charge in [-0.15, -0.1) is 0 Å². The summed E-state index contributed by atoms with van der Waals surface area (Å²) in [5, 5.41) is 2.61. The molecule has 0 aliphatic rings. The van der Waals surface area contributed by atoms with E-state index in [2.05, 4.69) is 60.1 Å². The van der Waals surface area contributed by atoms with Crippen LogP contribution >= 0.6 is 0 Å². The third-order valence-corrected chi connectivity index (χ3v) is 3.45. The lowest BCUT2D eigenvalue weighted by Gasteiger charge is -1.87. The summed E-state index contributed by atoms with van der Waals surface area (Å²) in [6.07, 6.45) is 1.83. The van der Waals surface area contributed by atoms with E-state index in [1.807, 2.05) is 36.4 Å². The minimum atomic E-state index is 1.17. The zero-order valence-corrected chi connectivity index (χ0v) is 11.8. The first-order valence-electron chi connectivity index (χ1n) is 7.01. The molecule has 0 unspecified atom stereocenters. The molecule has 0 aliphatic heterocycles. The van der Waals surface area contributed by atoms with Gasteiger partial charge in [0.15, 0.2) is 0 Å². The van der Waals surface area contributed by atoms with Crippen LogP contribution in [0.3, 0.4) is 0 Å². The summed E-state index contributed by atoms with van der Waals surface area (Å²) in [7, 11) is 0. The second kappa shape index (κ2) is 6.10. The molecule has 0 amide bonds. The van der Waals surface area contributed by atoms with Crippen molar-refractivity contribution in [3.63, 3.8) is 0 Å². The quantitative estimate of drug-likeness (QED) is 0.460. The fraction of sp³-hybridized carbons (Fsp3) is 0.